The number of benzene rings is 1. The molecule has 0 radical (unpaired) electrons. The lowest BCUT2D eigenvalue weighted by Gasteiger charge is -2.07. The molecule has 14 heavy (non-hydrogen) atoms. The van der Waals surface area contributed by atoms with Crippen molar-refractivity contribution in [3.63, 3.8) is 0 Å². The molecule has 1 aromatic rings. The van der Waals surface area contributed by atoms with Gasteiger partial charge in [0, 0.05) is 4.47 Å². The van der Waals surface area contributed by atoms with E-state index in [1.807, 2.05) is 0 Å². The van der Waals surface area contributed by atoms with Gasteiger partial charge in [0.2, 0.25) is 0 Å². The molecule has 0 amide bonds. The van der Waals surface area contributed by atoms with Crippen LogP contribution in [0, 0.1) is 6.92 Å². The fourth-order valence-electron chi connectivity index (χ4n) is 0.852. The van der Waals surface area contributed by atoms with Gasteiger partial charge >= 0.3 is 0 Å². The number of halogens is 3. The van der Waals surface area contributed by atoms with Gasteiger partial charge in [0.1, 0.15) is 4.90 Å². The predicted octanol–water partition coefficient (Wildman–Crippen LogP) is 3.42. The van der Waals surface area contributed by atoms with Crippen LogP contribution in [-0.4, -0.2) is 13.0 Å². The molecule has 0 aliphatic heterocycles. The Morgan fingerprint density at radius 3 is 2.36 bits per heavy atom. The minimum atomic E-state index is -4.26. The molecule has 1 rings (SSSR count). The van der Waals surface area contributed by atoms with Crippen molar-refractivity contribution in [2.45, 2.75) is 11.8 Å². The summed E-state index contributed by atoms with van der Waals surface area (Å²) in [6, 6.07) is 1.29. The van der Waals surface area contributed by atoms with Crippen LogP contribution in [0.15, 0.2) is 19.9 Å². The molecule has 7 heteroatoms. The Balaban J connectivity index is 3.66. The minimum absolute atomic E-state index is 0.169. The van der Waals surface area contributed by atoms with Gasteiger partial charge in [-0.15, -0.1) is 0 Å². The molecule has 0 fully saturated rings. The first-order valence-corrected chi connectivity index (χ1v) is 6.77. The topological polar surface area (TPSA) is 54.4 Å². The van der Waals surface area contributed by atoms with Crippen LogP contribution in [0.5, 0.6) is 0 Å². The first-order valence-electron chi connectivity index (χ1n) is 3.36. The normalized spacial score (nSPS) is 11.8. The van der Waals surface area contributed by atoms with Crippen molar-refractivity contribution < 1.29 is 13.0 Å². The Labute approximate surface area is 103 Å². The summed E-state index contributed by atoms with van der Waals surface area (Å²) in [5.74, 6) is 0. The average Bonchev–Trinajstić information content (AvgIpc) is 2.06. The van der Waals surface area contributed by atoms with Crippen LogP contribution >= 0.6 is 43.5 Å². The molecule has 78 valence electrons. The quantitative estimate of drug-likeness (QED) is 0.614. The van der Waals surface area contributed by atoms with Crippen LogP contribution in [-0.2, 0) is 10.1 Å². The lowest BCUT2D eigenvalue weighted by atomic mass is 10.2. The van der Waals surface area contributed by atoms with E-state index < -0.39 is 10.1 Å². The molecule has 0 aromatic heterocycles. The van der Waals surface area contributed by atoms with Crippen LogP contribution in [0.4, 0.5) is 0 Å². The maximum absolute atomic E-state index is 10.9. The van der Waals surface area contributed by atoms with E-state index in [1.54, 1.807) is 6.92 Å². The second kappa shape index (κ2) is 4.09. The number of hydrogen-bond donors (Lipinski definition) is 1. The van der Waals surface area contributed by atoms with E-state index in [-0.39, 0.29) is 14.4 Å². The largest absolute Gasteiger partial charge is 0.295 e. The summed E-state index contributed by atoms with van der Waals surface area (Å²) in [7, 11) is -4.26. The van der Waals surface area contributed by atoms with Gasteiger partial charge in [0.25, 0.3) is 10.1 Å². The van der Waals surface area contributed by atoms with Crippen molar-refractivity contribution in [3.05, 3.63) is 25.6 Å². The maximum Gasteiger partial charge on any atom is 0.295 e. The smallest absolute Gasteiger partial charge is 0.282 e. The second-order valence-corrected chi connectivity index (χ2v) is 6.00. The monoisotopic (exact) mass is 362 g/mol. The van der Waals surface area contributed by atoms with Gasteiger partial charge in [0.05, 0.1) is 9.50 Å². The first kappa shape index (κ1) is 12.4. The Morgan fingerprint density at radius 2 is 1.93 bits per heavy atom. The van der Waals surface area contributed by atoms with Gasteiger partial charge in [-0.3, -0.25) is 4.55 Å². The summed E-state index contributed by atoms with van der Waals surface area (Å²) >= 11 is 12.0. The van der Waals surface area contributed by atoms with E-state index >= 15 is 0 Å². The highest BCUT2D eigenvalue weighted by Gasteiger charge is 2.19. The van der Waals surface area contributed by atoms with Gasteiger partial charge < -0.3 is 0 Å². The zero-order valence-corrected chi connectivity index (χ0v) is 11.6. The summed E-state index contributed by atoms with van der Waals surface area (Å²) in [6.45, 7) is 1.73. The predicted molar refractivity (Wildman–Crippen MR) is 61.4 cm³/mol. The van der Waals surface area contributed by atoms with Crippen LogP contribution in [0.3, 0.4) is 0 Å². The van der Waals surface area contributed by atoms with Gasteiger partial charge in [0.15, 0.2) is 0 Å². The highest BCUT2D eigenvalue weighted by atomic mass is 79.9. The molecule has 0 heterocycles. The van der Waals surface area contributed by atoms with Gasteiger partial charge in [-0.25, -0.2) is 0 Å². The van der Waals surface area contributed by atoms with Crippen LogP contribution in [0.25, 0.3) is 0 Å². The highest BCUT2D eigenvalue weighted by Crippen LogP contribution is 2.36. The number of hydrogen-bond acceptors (Lipinski definition) is 2. The van der Waals surface area contributed by atoms with Gasteiger partial charge in [-0.2, -0.15) is 8.42 Å². The summed E-state index contributed by atoms with van der Waals surface area (Å²) < 4.78 is 31.4. The van der Waals surface area contributed by atoms with Gasteiger partial charge in [-0.1, -0.05) is 27.5 Å². The molecule has 0 saturated heterocycles. The second-order valence-electron chi connectivity index (χ2n) is 2.58. The van der Waals surface area contributed by atoms with Crippen LogP contribution < -0.4 is 0 Å². The average molecular weight is 364 g/mol. The van der Waals surface area contributed by atoms with Crippen molar-refractivity contribution in [2.24, 2.45) is 0 Å². The van der Waals surface area contributed by atoms with Crippen molar-refractivity contribution in [1.82, 2.24) is 0 Å². The Morgan fingerprint density at radius 1 is 1.43 bits per heavy atom. The van der Waals surface area contributed by atoms with E-state index in [4.69, 9.17) is 16.2 Å². The fraction of sp³-hybridized carbons (Fsp3) is 0.143. The summed E-state index contributed by atoms with van der Waals surface area (Å²) in [6.07, 6.45) is 0. The fourth-order valence-corrected chi connectivity index (χ4v) is 3.43. The lowest BCUT2D eigenvalue weighted by molar-refractivity contribution is 0.482. The standard InChI is InChI=1S/C7H5Br2ClO3S/c1-3-4(8)2-5(14(11,12)13)6(9)7(3)10/h2H,1H3,(H,11,12,13). The van der Waals surface area contributed by atoms with Crippen LogP contribution in [0.2, 0.25) is 5.02 Å². The number of rotatable bonds is 1. The molecule has 0 atom stereocenters. The van der Waals surface area contributed by atoms with Crippen LogP contribution in [0.1, 0.15) is 5.56 Å². The molecule has 0 aliphatic carbocycles. The maximum atomic E-state index is 10.9. The summed E-state index contributed by atoms with van der Waals surface area (Å²) in [5, 5.41) is 0.256. The van der Waals surface area contributed by atoms with Crippen molar-refractivity contribution >= 4 is 53.6 Å². The minimum Gasteiger partial charge on any atom is -0.282 e. The third-order valence-corrected chi connectivity index (χ3v) is 5.12. The van der Waals surface area contributed by atoms with E-state index in [1.165, 1.54) is 6.07 Å². The lowest BCUT2D eigenvalue weighted by Crippen LogP contribution is -2.00. The summed E-state index contributed by atoms with van der Waals surface area (Å²) in [5.41, 5.74) is 0.700. The third-order valence-electron chi connectivity index (χ3n) is 1.63. The molecular formula is C7H5Br2ClO3S. The van der Waals surface area contributed by atoms with E-state index in [0.717, 1.165) is 0 Å². The molecule has 1 aromatic carbocycles. The molecule has 0 spiro atoms. The Kier molecular flexibility index (Phi) is 3.64. The molecule has 0 unspecified atom stereocenters. The van der Waals surface area contributed by atoms with Crippen molar-refractivity contribution in [1.29, 1.82) is 0 Å². The SMILES string of the molecule is Cc1c(Br)cc(S(=O)(=O)O)c(Br)c1Cl. The molecule has 0 aliphatic rings. The molecular weight excluding hydrogens is 359 g/mol. The van der Waals surface area contributed by atoms with E-state index in [2.05, 4.69) is 31.9 Å². The zero-order chi connectivity index (χ0) is 11.1. The van der Waals surface area contributed by atoms with Gasteiger partial charge in [-0.05, 0) is 34.5 Å². The molecule has 0 bridgehead atoms. The Bertz CT molecular complexity index is 484. The zero-order valence-electron chi connectivity index (χ0n) is 6.88. The molecule has 0 saturated carbocycles. The van der Waals surface area contributed by atoms with E-state index in [9.17, 15) is 8.42 Å². The van der Waals surface area contributed by atoms with Crippen molar-refractivity contribution in [2.75, 3.05) is 0 Å². The van der Waals surface area contributed by atoms with E-state index in [0.29, 0.717) is 10.0 Å². The summed E-state index contributed by atoms with van der Waals surface area (Å²) in [4.78, 5) is -0.250. The third kappa shape index (κ3) is 2.30. The molecule has 1 N–H and O–H groups in total. The Hall–Kier alpha value is 0.380. The van der Waals surface area contributed by atoms with Crippen molar-refractivity contribution in [3.8, 4) is 0 Å². The first-order chi connectivity index (χ1) is 6.25. The highest BCUT2D eigenvalue weighted by molar-refractivity contribution is 9.11. The molecule has 3 nitrogen and oxygen atoms in total.